The number of hydrogen-bond acceptors (Lipinski definition) is 12. The van der Waals surface area contributed by atoms with Crippen molar-refractivity contribution in [3.05, 3.63) is 66.2 Å². The number of ether oxygens (including phenoxy) is 9. The summed E-state index contributed by atoms with van der Waals surface area (Å²) in [5.74, 6) is 1.23. The van der Waals surface area contributed by atoms with Crippen LogP contribution in [0.1, 0.15) is 10.4 Å². The van der Waals surface area contributed by atoms with Gasteiger partial charge in [0, 0.05) is 46.7 Å². The van der Waals surface area contributed by atoms with Gasteiger partial charge in [0.1, 0.15) is 77.7 Å². The molecular formula is C34H38O12S. The van der Waals surface area contributed by atoms with E-state index in [-0.39, 0.29) is 60.5 Å². The number of aromatic hydroxyl groups is 1. The summed E-state index contributed by atoms with van der Waals surface area (Å²) in [6.45, 7) is 0. The average Bonchev–Trinajstić information content (AvgIpc) is 3.12. The van der Waals surface area contributed by atoms with Crippen LogP contribution < -0.4 is 42.6 Å². The summed E-state index contributed by atoms with van der Waals surface area (Å²) in [7, 11) is 9.62. The number of hydrogen-bond donors (Lipinski definition) is 1. The standard InChI is InChI=1S/C34H38O12S/c1-37-20-14-25(40-4)31(26(15-20)41-5)47(46-34(36)23-12-10-11-13-24(23)35,32-27(42-6)16-21(38-2)17-28(32)43-7)33-29(44-8)18-22(39-3)19-30(33)45-9/h10-19,35H,1-9H3. The van der Waals surface area contributed by atoms with E-state index < -0.39 is 16.3 Å². The zero-order valence-corrected chi connectivity index (χ0v) is 28.4. The molecule has 4 aromatic rings. The Morgan fingerprint density at radius 3 is 1.04 bits per heavy atom. The van der Waals surface area contributed by atoms with Gasteiger partial charge in [-0.15, -0.1) is 0 Å². The third kappa shape index (κ3) is 6.26. The van der Waals surface area contributed by atoms with Gasteiger partial charge in [-0.3, -0.25) is 0 Å². The molecule has 0 aromatic heterocycles. The van der Waals surface area contributed by atoms with E-state index in [1.807, 2.05) is 0 Å². The highest BCUT2D eigenvalue weighted by Crippen LogP contribution is 2.80. The molecule has 0 bridgehead atoms. The largest absolute Gasteiger partial charge is 0.507 e. The first-order valence-corrected chi connectivity index (χ1v) is 15.5. The van der Waals surface area contributed by atoms with Crippen molar-refractivity contribution in [3.8, 4) is 57.5 Å². The van der Waals surface area contributed by atoms with E-state index >= 15 is 0 Å². The number of carbonyl (C=O) groups excluding carboxylic acids is 1. The van der Waals surface area contributed by atoms with Crippen LogP contribution in [0.5, 0.6) is 57.5 Å². The number of rotatable bonds is 14. The average molecular weight is 671 g/mol. The maximum Gasteiger partial charge on any atom is 0.353 e. The van der Waals surface area contributed by atoms with E-state index in [0.29, 0.717) is 17.2 Å². The van der Waals surface area contributed by atoms with Crippen molar-refractivity contribution in [1.29, 1.82) is 0 Å². The summed E-state index contributed by atoms with van der Waals surface area (Å²) < 4.78 is 59.4. The Kier molecular flexibility index (Phi) is 10.9. The second kappa shape index (κ2) is 14.9. The Labute approximate surface area is 275 Å². The van der Waals surface area contributed by atoms with Gasteiger partial charge in [0.15, 0.2) is 0 Å². The highest BCUT2D eigenvalue weighted by atomic mass is 32.3. The van der Waals surface area contributed by atoms with Gasteiger partial charge in [0.05, 0.1) is 64.0 Å². The van der Waals surface area contributed by atoms with Crippen LogP contribution >= 0.6 is 10.3 Å². The zero-order valence-electron chi connectivity index (χ0n) is 27.6. The molecule has 0 saturated heterocycles. The van der Waals surface area contributed by atoms with Gasteiger partial charge in [-0.2, -0.15) is 0 Å². The smallest absolute Gasteiger partial charge is 0.353 e. The molecule has 0 atom stereocenters. The minimum Gasteiger partial charge on any atom is -0.507 e. The Hall–Kier alpha value is -5.30. The summed E-state index contributed by atoms with van der Waals surface area (Å²) >= 11 is 0. The van der Waals surface area contributed by atoms with Crippen LogP contribution in [0.2, 0.25) is 0 Å². The number of benzene rings is 4. The molecule has 47 heavy (non-hydrogen) atoms. The summed E-state index contributed by atoms with van der Waals surface area (Å²) in [4.78, 5) is 15.2. The molecule has 0 unspecified atom stereocenters. The van der Waals surface area contributed by atoms with Crippen LogP contribution in [0.4, 0.5) is 0 Å². The molecule has 12 nitrogen and oxygen atoms in total. The molecule has 1 N–H and O–H groups in total. The van der Waals surface area contributed by atoms with E-state index in [2.05, 4.69) is 0 Å². The van der Waals surface area contributed by atoms with Gasteiger partial charge < -0.3 is 51.9 Å². The number of methoxy groups -OCH3 is 9. The van der Waals surface area contributed by atoms with Crippen LogP contribution in [0.15, 0.2) is 75.4 Å². The van der Waals surface area contributed by atoms with Crippen molar-refractivity contribution in [3.63, 3.8) is 0 Å². The summed E-state index contributed by atoms with van der Waals surface area (Å²) in [6.07, 6.45) is 0. The molecule has 0 fully saturated rings. The fourth-order valence-corrected chi connectivity index (χ4v) is 8.74. The molecule has 0 aliphatic heterocycles. The molecule has 13 heteroatoms. The quantitative estimate of drug-likeness (QED) is 0.157. The highest BCUT2D eigenvalue weighted by molar-refractivity contribution is 8.30. The molecule has 0 radical (unpaired) electrons. The van der Waals surface area contributed by atoms with Gasteiger partial charge in [-0.1, -0.05) is 12.1 Å². The van der Waals surface area contributed by atoms with E-state index in [4.69, 9.17) is 46.8 Å². The molecule has 0 amide bonds. The van der Waals surface area contributed by atoms with E-state index in [1.165, 1.54) is 76.1 Å². The Balaban J connectivity index is 2.41. The van der Waals surface area contributed by atoms with Crippen molar-refractivity contribution in [2.75, 3.05) is 64.0 Å². The first-order chi connectivity index (χ1) is 22.7. The van der Waals surface area contributed by atoms with Gasteiger partial charge in [0.2, 0.25) is 0 Å². The van der Waals surface area contributed by atoms with Crippen molar-refractivity contribution < 1.29 is 56.7 Å². The second-order valence-electron chi connectivity index (χ2n) is 9.53. The fourth-order valence-electron chi connectivity index (χ4n) is 5.01. The first kappa shape index (κ1) is 34.6. The van der Waals surface area contributed by atoms with Gasteiger partial charge in [-0.05, 0) is 12.1 Å². The maximum absolute atomic E-state index is 14.5. The monoisotopic (exact) mass is 670 g/mol. The van der Waals surface area contributed by atoms with E-state index in [1.54, 1.807) is 48.5 Å². The van der Waals surface area contributed by atoms with E-state index in [0.717, 1.165) is 0 Å². The van der Waals surface area contributed by atoms with E-state index in [9.17, 15) is 9.90 Å². The second-order valence-corrected chi connectivity index (χ2v) is 12.0. The third-order valence-electron chi connectivity index (χ3n) is 7.20. The SMILES string of the molecule is COc1cc(OC)c(S(OC(=O)c2ccccc2O)(c2c(OC)cc(OC)cc2OC)c2c(OC)cc(OC)cc2OC)c(OC)c1. The van der Waals surface area contributed by atoms with Crippen molar-refractivity contribution >= 4 is 16.3 Å². The fraction of sp³-hybridized carbons (Fsp3) is 0.265. The lowest BCUT2D eigenvalue weighted by Crippen LogP contribution is -2.18. The van der Waals surface area contributed by atoms with Gasteiger partial charge in [-0.25, -0.2) is 4.79 Å². The molecule has 0 spiro atoms. The molecular weight excluding hydrogens is 632 g/mol. The molecule has 0 aliphatic rings. The summed E-state index contributed by atoms with van der Waals surface area (Å²) in [5, 5.41) is 10.8. The zero-order chi connectivity index (χ0) is 34.3. The minimum atomic E-state index is -3.61. The van der Waals surface area contributed by atoms with Gasteiger partial charge in [0.25, 0.3) is 0 Å². The Morgan fingerprint density at radius 2 is 0.787 bits per heavy atom. The minimum absolute atomic E-state index is 0.117. The van der Waals surface area contributed by atoms with Crippen molar-refractivity contribution in [2.24, 2.45) is 0 Å². The molecule has 252 valence electrons. The predicted octanol–water partition coefficient (Wildman–Crippen LogP) is 6.52. The summed E-state index contributed by atoms with van der Waals surface area (Å²) in [5.41, 5.74) is -0.117. The van der Waals surface area contributed by atoms with Gasteiger partial charge >= 0.3 is 5.97 Å². The lowest BCUT2D eigenvalue weighted by atomic mass is 10.2. The Bertz CT molecular complexity index is 1510. The van der Waals surface area contributed by atoms with Crippen LogP contribution in [-0.4, -0.2) is 75.1 Å². The number of phenols is 1. The molecule has 4 rings (SSSR count). The van der Waals surface area contributed by atoms with Crippen molar-refractivity contribution in [1.82, 2.24) is 0 Å². The lowest BCUT2D eigenvalue weighted by Gasteiger charge is -2.43. The molecule has 0 heterocycles. The Morgan fingerprint density at radius 1 is 0.489 bits per heavy atom. The molecule has 0 aliphatic carbocycles. The predicted molar refractivity (Wildman–Crippen MR) is 174 cm³/mol. The normalized spacial score (nSPS) is 11.2. The topological polar surface area (TPSA) is 130 Å². The highest BCUT2D eigenvalue weighted by Gasteiger charge is 2.50. The van der Waals surface area contributed by atoms with Crippen LogP contribution in [0.3, 0.4) is 0 Å². The number of phenolic OH excluding ortho intramolecular Hbond substituents is 1. The first-order valence-electron chi connectivity index (χ1n) is 14.0. The number of para-hydroxylation sites is 1. The van der Waals surface area contributed by atoms with Crippen LogP contribution in [-0.2, 0) is 4.18 Å². The maximum atomic E-state index is 14.5. The summed E-state index contributed by atoms with van der Waals surface area (Å²) in [6, 6.07) is 15.8. The lowest BCUT2D eigenvalue weighted by molar-refractivity contribution is 0.0753. The third-order valence-corrected chi connectivity index (χ3v) is 10.5. The molecule has 0 saturated carbocycles. The van der Waals surface area contributed by atoms with Crippen LogP contribution in [0.25, 0.3) is 0 Å². The number of carbonyl (C=O) groups is 1. The van der Waals surface area contributed by atoms with Crippen molar-refractivity contribution in [2.45, 2.75) is 14.7 Å². The molecule has 4 aromatic carbocycles. The van der Waals surface area contributed by atoms with Crippen LogP contribution in [0, 0.1) is 0 Å².